The molecule has 0 saturated heterocycles. The Labute approximate surface area is 162 Å². The van der Waals surface area contributed by atoms with Crippen molar-refractivity contribution in [3.8, 4) is 0 Å². The number of anilines is 2. The number of thiophene rings is 1. The summed E-state index contributed by atoms with van der Waals surface area (Å²) in [5.74, 6) is -0.376. The largest absolute Gasteiger partial charge is 0.326 e. The van der Waals surface area contributed by atoms with Crippen molar-refractivity contribution < 1.29 is 14.5 Å². The molecule has 0 aliphatic carbocycles. The van der Waals surface area contributed by atoms with E-state index in [0.29, 0.717) is 23.5 Å². The Kier molecular flexibility index (Phi) is 6.35. The summed E-state index contributed by atoms with van der Waals surface area (Å²) in [5, 5.41) is 9.84. The highest BCUT2D eigenvalue weighted by Crippen LogP contribution is 2.17. The van der Waals surface area contributed by atoms with E-state index in [1.54, 1.807) is 35.6 Å². The Morgan fingerprint density at radius 2 is 1.70 bits per heavy atom. The zero-order valence-corrected chi connectivity index (χ0v) is 15.9. The molecule has 3 N–H and O–H groups in total. The first-order valence-electron chi connectivity index (χ1n) is 8.69. The summed E-state index contributed by atoms with van der Waals surface area (Å²) in [7, 11) is 1.98. The van der Waals surface area contributed by atoms with Crippen molar-refractivity contribution in [1.29, 1.82) is 0 Å². The molecular formula is C21H22N3O2S+. The molecule has 1 heterocycles. The standard InChI is InChI=1S/C21H21N3O2S/c1-24(13-16-11-12-27-15-16)14-20(25)23-19-10-6-5-9-18(19)21(26)22-17-7-3-2-4-8-17/h2-12,15H,13-14H2,1H3,(H,22,26)(H,23,25)/p+1. The van der Waals surface area contributed by atoms with Crippen LogP contribution in [0.15, 0.2) is 71.4 Å². The van der Waals surface area contributed by atoms with Gasteiger partial charge in [0.25, 0.3) is 11.8 Å². The molecule has 5 nitrogen and oxygen atoms in total. The molecule has 27 heavy (non-hydrogen) atoms. The van der Waals surface area contributed by atoms with E-state index >= 15 is 0 Å². The maximum absolute atomic E-state index is 12.6. The van der Waals surface area contributed by atoms with E-state index < -0.39 is 0 Å². The van der Waals surface area contributed by atoms with Gasteiger partial charge in [0.1, 0.15) is 6.54 Å². The van der Waals surface area contributed by atoms with E-state index in [2.05, 4.69) is 22.1 Å². The number of quaternary nitrogens is 1. The van der Waals surface area contributed by atoms with Crippen LogP contribution in [0.4, 0.5) is 11.4 Å². The number of rotatable bonds is 7. The highest BCUT2D eigenvalue weighted by molar-refractivity contribution is 7.07. The Balaban J connectivity index is 1.63. The second-order valence-corrected chi connectivity index (χ2v) is 7.14. The van der Waals surface area contributed by atoms with E-state index in [0.717, 1.165) is 11.4 Å². The number of benzene rings is 2. The van der Waals surface area contributed by atoms with Crippen LogP contribution in [0.1, 0.15) is 15.9 Å². The summed E-state index contributed by atoms with van der Waals surface area (Å²) in [5.41, 5.74) is 2.88. The first kappa shape index (κ1) is 18.8. The lowest BCUT2D eigenvalue weighted by atomic mass is 10.1. The third kappa shape index (κ3) is 5.51. The maximum Gasteiger partial charge on any atom is 0.279 e. The van der Waals surface area contributed by atoms with E-state index in [4.69, 9.17) is 0 Å². The fourth-order valence-corrected chi connectivity index (χ4v) is 3.45. The van der Waals surface area contributed by atoms with Gasteiger partial charge < -0.3 is 15.5 Å². The number of likely N-dealkylation sites (N-methyl/N-ethyl adjacent to an activating group) is 1. The van der Waals surface area contributed by atoms with Gasteiger partial charge in [0.15, 0.2) is 6.54 Å². The van der Waals surface area contributed by atoms with Crippen LogP contribution in [0, 0.1) is 0 Å². The Hall–Kier alpha value is -2.96. The molecule has 2 amide bonds. The fraction of sp³-hybridized carbons (Fsp3) is 0.143. The third-order valence-corrected chi connectivity index (χ3v) is 4.76. The third-order valence-electron chi connectivity index (χ3n) is 4.03. The van der Waals surface area contributed by atoms with Gasteiger partial charge in [-0.2, -0.15) is 11.3 Å². The predicted molar refractivity (Wildman–Crippen MR) is 109 cm³/mol. The summed E-state index contributed by atoms with van der Waals surface area (Å²) in [6, 6.07) is 18.3. The summed E-state index contributed by atoms with van der Waals surface area (Å²) in [4.78, 5) is 26.1. The van der Waals surface area contributed by atoms with Crippen LogP contribution in [-0.2, 0) is 11.3 Å². The molecule has 0 fully saturated rings. The number of nitrogens with one attached hydrogen (secondary N) is 3. The molecule has 6 heteroatoms. The maximum atomic E-state index is 12.6. The lowest BCUT2D eigenvalue weighted by molar-refractivity contribution is -0.885. The minimum absolute atomic E-state index is 0.123. The first-order chi connectivity index (χ1) is 13.1. The number of hydrogen-bond acceptors (Lipinski definition) is 3. The molecule has 1 unspecified atom stereocenters. The summed E-state index contributed by atoms with van der Waals surface area (Å²) >= 11 is 1.65. The average Bonchev–Trinajstić information content (AvgIpc) is 3.15. The van der Waals surface area contributed by atoms with Gasteiger partial charge in [0.2, 0.25) is 0 Å². The number of hydrogen-bond donors (Lipinski definition) is 3. The SMILES string of the molecule is C[NH+](CC(=O)Nc1ccccc1C(=O)Nc1ccccc1)Cc1ccsc1. The number of amides is 2. The van der Waals surface area contributed by atoms with E-state index in [9.17, 15) is 9.59 Å². The average molecular weight is 380 g/mol. The van der Waals surface area contributed by atoms with Gasteiger partial charge in [0, 0.05) is 11.3 Å². The summed E-state index contributed by atoms with van der Waals surface area (Å²) < 4.78 is 0. The molecule has 0 saturated carbocycles. The zero-order chi connectivity index (χ0) is 19.1. The van der Waals surface area contributed by atoms with E-state index in [-0.39, 0.29) is 11.8 Å². The van der Waals surface area contributed by atoms with Gasteiger partial charge in [-0.1, -0.05) is 30.3 Å². The van der Waals surface area contributed by atoms with Crippen LogP contribution in [0.2, 0.25) is 0 Å². The molecule has 1 aromatic heterocycles. The molecular weight excluding hydrogens is 358 g/mol. The Morgan fingerprint density at radius 1 is 0.963 bits per heavy atom. The molecule has 3 rings (SSSR count). The smallest absolute Gasteiger partial charge is 0.279 e. The summed E-state index contributed by atoms with van der Waals surface area (Å²) in [6.07, 6.45) is 0. The zero-order valence-electron chi connectivity index (χ0n) is 15.1. The first-order valence-corrected chi connectivity index (χ1v) is 9.64. The topological polar surface area (TPSA) is 62.6 Å². The molecule has 0 radical (unpaired) electrons. The minimum atomic E-state index is -0.254. The van der Waals surface area contributed by atoms with Crippen LogP contribution in [-0.4, -0.2) is 25.4 Å². The fourth-order valence-electron chi connectivity index (χ4n) is 2.78. The summed E-state index contributed by atoms with van der Waals surface area (Å²) in [6.45, 7) is 1.11. The molecule has 138 valence electrons. The predicted octanol–water partition coefficient (Wildman–Crippen LogP) is 2.65. The van der Waals surface area contributed by atoms with Crippen molar-refractivity contribution in [3.63, 3.8) is 0 Å². The van der Waals surface area contributed by atoms with Crippen molar-refractivity contribution in [2.45, 2.75) is 6.54 Å². The van der Waals surface area contributed by atoms with Gasteiger partial charge in [-0.05, 0) is 41.1 Å². The highest BCUT2D eigenvalue weighted by atomic mass is 32.1. The molecule has 0 aliphatic rings. The van der Waals surface area contributed by atoms with Crippen molar-refractivity contribution in [2.75, 3.05) is 24.2 Å². The Morgan fingerprint density at radius 3 is 2.44 bits per heavy atom. The van der Waals surface area contributed by atoms with Gasteiger partial charge in [-0.15, -0.1) is 0 Å². The Bertz CT molecular complexity index is 895. The molecule has 2 aromatic carbocycles. The minimum Gasteiger partial charge on any atom is -0.326 e. The molecule has 0 aliphatic heterocycles. The second kappa shape index (κ2) is 9.12. The molecule has 0 bridgehead atoms. The van der Waals surface area contributed by atoms with Crippen LogP contribution < -0.4 is 15.5 Å². The lowest BCUT2D eigenvalue weighted by Crippen LogP contribution is -3.08. The number of carbonyl (C=O) groups excluding carboxylic acids is 2. The quantitative estimate of drug-likeness (QED) is 0.590. The number of para-hydroxylation sites is 2. The van der Waals surface area contributed by atoms with Gasteiger partial charge in [-0.25, -0.2) is 0 Å². The molecule has 0 spiro atoms. The molecule has 1 atom stereocenters. The van der Waals surface area contributed by atoms with Crippen molar-refractivity contribution in [1.82, 2.24) is 0 Å². The van der Waals surface area contributed by atoms with Gasteiger partial charge in [0.05, 0.1) is 18.3 Å². The van der Waals surface area contributed by atoms with Crippen LogP contribution in [0.3, 0.4) is 0 Å². The van der Waals surface area contributed by atoms with Gasteiger partial charge in [-0.3, -0.25) is 9.59 Å². The van der Waals surface area contributed by atoms with Crippen molar-refractivity contribution >= 4 is 34.5 Å². The second-order valence-electron chi connectivity index (χ2n) is 6.36. The van der Waals surface area contributed by atoms with Crippen molar-refractivity contribution in [2.24, 2.45) is 0 Å². The number of carbonyl (C=O) groups is 2. The lowest BCUT2D eigenvalue weighted by Gasteiger charge is -2.15. The highest BCUT2D eigenvalue weighted by Gasteiger charge is 2.16. The monoisotopic (exact) mass is 380 g/mol. The van der Waals surface area contributed by atoms with Crippen LogP contribution in [0.5, 0.6) is 0 Å². The van der Waals surface area contributed by atoms with Crippen molar-refractivity contribution in [3.05, 3.63) is 82.6 Å². The molecule has 3 aromatic rings. The van der Waals surface area contributed by atoms with Crippen LogP contribution >= 0.6 is 11.3 Å². The van der Waals surface area contributed by atoms with E-state index in [1.165, 1.54) is 5.56 Å². The van der Waals surface area contributed by atoms with Gasteiger partial charge >= 0.3 is 0 Å². The normalized spacial score (nSPS) is 11.6. The van der Waals surface area contributed by atoms with E-state index in [1.807, 2.05) is 42.8 Å². The van der Waals surface area contributed by atoms with Crippen LogP contribution in [0.25, 0.3) is 0 Å².